The van der Waals surface area contributed by atoms with E-state index in [1.807, 2.05) is 12.3 Å². The Balaban J connectivity index is 3.04. The van der Waals surface area contributed by atoms with Gasteiger partial charge in [-0.2, -0.15) is 0 Å². The number of hydrogen-bond donors (Lipinski definition) is 0. The fourth-order valence-electron chi connectivity index (χ4n) is 1.78. The van der Waals surface area contributed by atoms with E-state index in [4.69, 9.17) is 20.8 Å². The van der Waals surface area contributed by atoms with E-state index in [9.17, 15) is 4.79 Å². The van der Waals surface area contributed by atoms with Gasteiger partial charge in [0, 0.05) is 10.4 Å². The molecule has 1 heterocycles. The molecule has 0 aliphatic carbocycles. The van der Waals surface area contributed by atoms with Gasteiger partial charge in [-0.3, -0.25) is 4.79 Å². The predicted molar refractivity (Wildman–Crippen MR) is 104 cm³/mol. The standard InChI is InChI=1S/C17H28ClNO3SSi/c1-8-21-16(20)10-15(22-24(6,7)17(3,4)5)14(18)9-13-11-23-12(2)19-13/h9,11,15H,8,10H2,1-7H3. The van der Waals surface area contributed by atoms with Crippen molar-refractivity contribution in [2.24, 2.45) is 0 Å². The average molecular weight is 390 g/mol. The molecule has 0 aliphatic heterocycles. The Morgan fingerprint density at radius 3 is 2.54 bits per heavy atom. The molecule has 0 bridgehead atoms. The van der Waals surface area contributed by atoms with E-state index in [2.05, 4.69) is 38.8 Å². The Kier molecular flexibility index (Phi) is 7.65. The first kappa shape index (κ1) is 21.3. The average Bonchev–Trinajstić information content (AvgIpc) is 2.82. The van der Waals surface area contributed by atoms with Crippen LogP contribution in [0, 0.1) is 6.92 Å². The zero-order valence-corrected chi connectivity index (χ0v) is 18.2. The molecule has 0 amide bonds. The largest absolute Gasteiger partial charge is 0.466 e. The van der Waals surface area contributed by atoms with Crippen molar-refractivity contribution in [2.75, 3.05) is 6.61 Å². The quantitative estimate of drug-likeness (QED) is 0.464. The van der Waals surface area contributed by atoms with E-state index in [0.29, 0.717) is 11.6 Å². The number of carbonyl (C=O) groups is 1. The van der Waals surface area contributed by atoms with Crippen LogP contribution < -0.4 is 0 Å². The summed E-state index contributed by atoms with van der Waals surface area (Å²) in [5.74, 6) is -0.304. The molecular formula is C17H28ClNO3SSi. The fraction of sp³-hybridized carbons (Fsp3) is 0.647. The second kappa shape index (κ2) is 8.60. The van der Waals surface area contributed by atoms with E-state index in [1.165, 1.54) is 0 Å². The normalized spacial score (nSPS) is 14.6. The van der Waals surface area contributed by atoms with Gasteiger partial charge in [0.2, 0.25) is 0 Å². The molecule has 0 radical (unpaired) electrons. The van der Waals surface area contributed by atoms with Crippen LogP contribution in [0.4, 0.5) is 0 Å². The Morgan fingerprint density at radius 2 is 2.08 bits per heavy atom. The van der Waals surface area contributed by atoms with Crippen LogP contribution in [0.5, 0.6) is 0 Å². The first-order valence-corrected chi connectivity index (χ1v) is 12.3. The second-order valence-electron chi connectivity index (χ2n) is 7.20. The Hall–Kier alpha value is -0.693. The summed E-state index contributed by atoms with van der Waals surface area (Å²) in [5, 5.41) is 3.41. The van der Waals surface area contributed by atoms with Crippen LogP contribution in [-0.4, -0.2) is 32.0 Å². The Morgan fingerprint density at radius 1 is 1.46 bits per heavy atom. The van der Waals surface area contributed by atoms with E-state index < -0.39 is 14.4 Å². The minimum atomic E-state index is -2.08. The van der Waals surface area contributed by atoms with Gasteiger partial charge in [-0.15, -0.1) is 11.3 Å². The summed E-state index contributed by atoms with van der Waals surface area (Å²) in [6, 6.07) is 0. The van der Waals surface area contributed by atoms with Crippen LogP contribution in [0.25, 0.3) is 6.08 Å². The molecule has 0 spiro atoms. The number of hydrogen-bond acceptors (Lipinski definition) is 5. The highest BCUT2D eigenvalue weighted by atomic mass is 35.5. The highest BCUT2D eigenvalue weighted by molar-refractivity contribution is 7.09. The maximum atomic E-state index is 12.0. The molecule has 0 saturated heterocycles. The van der Waals surface area contributed by atoms with E-state index in [-0.39, 0.29) is 17.4 Å². The van der Waals surface area contributed by atoms with E-state index in [0.717, 1.165) is 10.7 Å². The summed E-state index contributed by atoms with van der Waals surface area (Å²) in [6.07, 6.45) is 1.38. The van der Waals surface area contributed by atoms with Crippen molar-refractivity contribution in [1.82, 2.24) is 4.98 Å². The van der Waals surface area contributed by atoms with Gasteiger partial charge in [0.05, 0.1) is 29.8 Å². The molecule has 1 aromatic heterocycles. The highest BCUT2D eigenvalue weighted by Gasteiger charge is 2.40. The SMILES string of the molecule is CCOC(=O)CC(O[Si](C)(C)C(C)(C)C)C(Cl)=Cc1csc(C)n1. The molecule has 0 N–H and O–H groups in total. The van der Waals surface area contributed by atoms with Crippen LogP contribution in [-0.2, 0) is 14.0 Å². The summed E-state index contributed by atoms with van der Waals surface area (Å²) < 4.78 is 11.4. The van der Waals surface area contributed by atoms with Crippen LogP contribution in [0.1, 0.15) is 44.8 Å². The predicted octanol–water partition coefficient (Wildman–Crippen LogP) is 5.37. The van der Waals surface area contributed by atoms with E-state index >= 15 is 0 Å². The molecule has 0 saturated carbocycles. The molecule has 1 atom stereocenters. The maximum absolute atomic E-state index is 12.0. The number of aromatic nitrogens is 1. The van der Waals surface area contributed by atoms with Gasteiger partial charge < -0.3 is 9.16 Å². The van der Waals surface area contributed by atoms with Gasteiger partial charge in [0.25, 0.3) is 0 Å². The molecule has 7 heteroatoms. The smallest absolute Gasteiger partial charge is 0.308 e. The van der Waals surface area contributed by atoms with Crippen LogP contribution in [0.15, 0.2) is 10.4 Å². The Labute approximate surface area is 155 Å². The maximum Gasteiger partial charge on any atom is 0.308 e. The van der Waals surface area contributed by atoms with Crippen molar-refractivity contribution in [3.8, 4) is 0 Å². The van der Waals surface area contributed by atoms with Gasteiger partial charge in [0.1, 0.15) is 0 Å². The lowest BCUT2D eigenvalue weighted by Crippen LogP contribution is -2.44. The van der Waals surface area contributed by atoms with Crippen LogP contribution in [0.3, 0.4) is 0 Å². The van der Waals surface area contributed by atoms with Gasteiger partial charge in [-0.1, -0.05) is 32.4 Å². The second-order valence-corrected chi connectivity index (χ2v) is 13.5. The lowest BCUT2D eigenvalue weighted by atomic mass is 10.2. The van der Waals surface area contributed by atoms with E-state index in [1.54, 1.807) is 24.3 Å². The fourth-order valence-corrected chi connectivity index (χ4v) is 3.93. The lowest BCUT2D eigenvalue weighted by molar-refractivity contribution is -0.144. The highest BCUT2D eigenvalue weighted by Crippen LogP contribution is 2.39. The lowest BCUT2D eigenvalue weighted by Gasteiger charge is -2.39. The van der Waals surface area contributed by atoms with Gasteiger partial charge in [-0.05, 0) is 38.1 Å². The third-order valence-corrected chi connectivity index (χ3v) is 9.76. The molecule has 0 aliphatic rings. The molecule has 1 unspecified atom stereocenters. The van der Waals surface area contributed by atoms with Crippen molar-refractivity contribution >= 4 is 43.3 Å². The topological polar surface area (TPSA) is 48.4 Å². The zero-order chi connectivity index (χ0) is 18.5. The monoisotopic (exact) mass is 389 g/mol. The molecule has 24 heavy (non-hydrogen) atoms. The van der Waals surface area contributed by atoms with Gasteiger partial charge >= 0.3 is 5.97 Å². The molecule has 1 aromatic rings. The van der Waals surface area contributed by atoms with Crippen molar-refractivity contribution < 1.29 is 14.0 Å². The molecule has 0 fully saturated rings. The number of nitrogens with zero attached hydrogens (tertiary/aromatic N) is 1. The summed E-state index contributed by atoms with van der Waals surface area (Å²) in [6.45, 7) is 14.8. The number of aryl methyl sites for hydroxylation is 1. The summed E-state index contributed by atoms with van der Waals surface area (Å²) >= 11 is 8.07. The number of esters is 1. The third-order valence-electron chi connectivity index (χ3n) is 4.13. The molecule has 1 rings (SSSR count). The third kappa shape index (κ3) is 6.31. The number of rotatable bonds is 7. The minimum absolute atomic E-state index is 0.0221. The van der Waals surface area contributed by atoms with Gasteiger partial charge in [-0.25, -0.2) is 4.98 Å². The summed E-state index contributed by atoms with van der Waals surface area (Å²) in [7, 11) is -2.08. The minimum Gasteiger partial charge on any atom is -0.466 e. The number of halogens is 1. The number of thiazole rings is 1. The first-order chi connectivity index (χ1) is 11.0. The van der Waals surface area contributed by atoms with Crippen molar-refractivity contribution in [3.63, 3.8) is 0 Å². The molecule has 136 valence electrons. The van der Waals surface area contributed by atoms with Crippen molar-refractivity contribution in [3.05, 3.63) is 21.1 Å². The first-order valence-electron chi connectivity index (χ1n) is 8.09. The number of ether oxygens (including phenoxy) is 1. The van der Waals surface area contributed by atoms with Crippen molar-refractivity contribution in [1.29, 1.82) is 0 Å². The molecule has 4 nitrogen and oxygen atoms in total. The Bertz CT molecular complexity index is 593. The van der Waals surface area contributed by atoms with Crippen LogP contribution >= 0.6 is 22.9 Å². The summed E-state index contributed by atoms with van der Waals surface area (Å²) in [5.41, 5.74) is 0.787. The summed E-state index contributed by atoms with van der Waals surface area (Å²) in [4.78, 5) is 16.4. The van der Waals surface area contributed by atoms with Crippen molar-refractivity contribution in [2.45, 2.75) is 65.3 Å². The zero-order valence-electron chi connectivity index (χ0n) is 15.6. The molecule has 0 aromatic carbocycles. The van der Waals surface area contributed by atoms with Gasteiger partial charge in [0.15, 0.2) is 8.32 Å². The number of carbonyl (C=O) groups excluding carboxylic acids is 1. The van der Waals surface area contributed by atoms with Crippen LogP contribution in [0.2, 0.25) is 18.1 Å². The molecular weight excluding hydrogens is 362 g/mol.